The van der Waals surface area contributed by atoms with Crippen LogP contribution in [0.4, 0.5) is 5.69 Å². The predicted octanol–water partition coefficient (Wildman–Crippen LogP) is 2.89. The molecule has 1 aliphatic rings. The van der Waals surface area contributed by atoms with Gasteiger partial charge in [0, 0.05) is 12.1 Å². The van der Waals surface area contributed by atoms with Crippen molar-refractivity contribution in [3.8, 4) is 0 Å². The lowest BCUT2D eigenvalue weighted by atomic mass is 10.1. The number of likely N-dealkylation sites (tertiary alicyclic amines) is 1. The first-order valence-corrected chi connectivity index (χ1v) is 6.92. The molecule has 0 unspecified atom stereocenters. The minimum absolute atomic E-state index is 0.123. The summed E-state index contributed by atoms with van der Waals surface area (Å²) in [5, 5.41) is 2.92. The van der Waals surface area contributed by atoms with Crippen LogP contribution in [0.3, 0.4) is 0 Å². The summed E-state index contributed by atoms with van der Waals surface area (Å²) in [4.78, 5) is 14.2. The fraction of sp³-hybridized carbons (Fsp3) is 0.533. The standard InChI is InChI=1S/C15H22N2O/c18-15(16-14-8-3-1-4-9-14)10-7-13-17-11-5-2-6-12-17/h1,3-4,8-9H,2,5-7,10-13H2,(H,16,18). The van der Waals surface area contributed by atoms with Crippen LogP contribution in [-0.2, 0) is 4.79 Å². The van der Waals surface area contributed by atoms with E-state index in [-0.39, 0.29) is 5.91 Å². The van der Waals surface area contributed by atoms with Gasteiger partial charge in [0.2, 0.25) is 5.91 Å². The molecule has 1 saturated heterocycles. The Bertz CT molecular complexity index is 358. The summed E-state index contributed by atoms with van der Waals surface area (Å²) in [5.74, 6) is 0.123. The summed E-state index contributed by atoms with van der Waals surface area (Å²) in [6.07, 6.45) is 5.57. The molecule has 3 heteroatoms. The molecule has 0 saturated carbocycles. The van der Waals surface area contributed by atoms with E-state index in [1.54, 1.807) is 0 Å². The highest BCUT2D eigenvalue weighted by molar-refractivity contribution is 5.90. The van der Waals surface area contributed by atoms with Crippen LogP contribution in [0.5, 0.6) is 0 Å². The highest BCUT2D eigenvalue weighted by atomic mass is 16.1. The Morgan fingerprint density at radius 2 is 1.83 bits per heavy atom. The number of hydrogen-bond donors (Lipinski definition) is 1. The summed E-state index contributed by atoms with van der Waals surface area (Å²) in [6.45, 7) is 3.48. The number of piperidine rings is 1. The molecule has 0 spiro atoms. The molecule has 98 valence electrons. The number of para-hydroxylation sites is 1. The zero-order valence-electron chi connectivity index (χ0n) is 10.9. The highest BCUT2D eigenvalue weighted by Gasteiger charge is 2.10. The van der Waals surface area contributed by atoms with Crippen molar-refractivity contribution in [1.29, 1.82) is 0 Å². The molecule has 0 aromatic heterocycles. The molecule has 0 radical (unpaired) electrons. The second-order valence-corrected chi connectivity index (χ2v) is 4.92. The molecular weight excluding hydrogens is 224 g/mol. The van der Waals surface area contributed by atoms with E-state index in [9.17, 15) is 4.79 Å². The number of carbonyl (C=O) groups is 1. The third-order valence-electron chi connectivity index (χ3n) is 3.38. The molecule has 0 aliphatic carbocycles. The summed E-state index contributed by atoms with van der Waals surface area (Å²) in [6, 6.07) is 9.66. The number of rotatable bonds is 5. The SMILES string of the molecule is O=C(CCCN1CCCCC1)Nc1ccccc1. The maximum Gasteiger partial charge on any atom is 0.224 e. The van der Waals surface area contributed by atoms with Crippen LogP contribution in [-0.4, -0.2) is 30.4 Å². The van der Waals surface area contributed by atoms with Crippen LogP contribution in [0.1, 0.15) is 32.1 Å². The summed E-state index contributed by atoms with van der Waals surface area (Å²) < 4.78 is 0. The van der Waals surface area contributed by atoms with Crippen molar-refractivity contribution < 1.29 is 4.79 Å². The molecule has 1 aromatic rings. The van der Waals surface area contributed by atoms with Gasteiger partial charge in [0.15, 0.2) is 0 Å². The van der Waals surface area contributed by atoms with Gasteiger partial charge in [0.1, 0.15) is 0 Å². The average Bonchev–Trinajstić information content (AvgIpc) is 2.41. The Hall–Kier alpha value is -1.35. The molecule has 1 aromatic carbocycles. The lowest BCUT2D eigenvalue weighted by Crippen LogP contribution is -2.31. The second kappa shape index (κ2) is 7.17. The Balaban J connectivity index is 1.62. The molecule has 3 nitrogen and oxygen atoms in total. The van der Waals surface area contributed by atoms with Crippen LogP contribution < -0.4 is 5.32 Å². The summed E-state index contributed by atoms with van der Waals surface area (Å²) >= 11 is 0. The second-order valence-electron chi connectivity index (χ2n) is 4.92. The topological polar surface area (TPSA) is 32.3 Å². The number of benzene rings is 1. The highest BCUT2D eigenvalue weighted by Crippen LogP contribution is 2.10. The van der Waals surface area contributed by atoms with Crippen molar-refractivity contribution in [3.05, 3.63) is 30.3 Å². The number of amides is 1. The summed E-state index contributed by atoms with van der Waals surface area (Å²) in [5.41, 5.74) is 0.889. The van der Waals surface area contributed by atoms with Gasteiger partial charge >= 0.3 is 0 Å². The molecule has 18 heavy (non-hydrogen) atoms. The van der Waals surface area contributed by atoms with E-state index in [2.05, 4.69) is 10.2 Å². The minimum Gasteiger partial charge on any atom is -0.326 e. The lowest BCUT2D eigenvalue weighted by molar-refractivity contribution is -0.116. The lowest BCUT2D eigenvalue weighted by Gasteiger charge is -2.26. The van der Waals surface area contributed by atoms with E-state index in [0.29, 0.717) is 6.42 Å². The van der Waals surface area contributed by atoms with Crippen LogP contribution in [0, 0.1) is 0 Å². The maximum atomic E-state index is 11.7. The minimum atomic E-state index is 0.123. The fourth-order valence-electron chi connectivity index (χ4n) is 2.39. The van der Waals surface area contributed by atoms with Crippen molar-refractivity contribution in [2.45, 2.75) is 32.1 Å². The zero-order valence-corrected chi connectivity index (χ0v) is 10.9. The van der Waals surface area contributed by atoms with Gasteiger partial charge in [-0.25, -0.2) is 0 Å². The van der Waals surface area contributed by atoms with Gasteiger partial charge in [0.05, 0.1) is 0 Å². The number of nitrogens with one attached hydrogen (secondary N) is 1. The normalized spacial score (nSPS) is 16.4. The first-order valence-electron chi connectivity index (χ1n) is 6.92. The van der Waals surface area contributed by atoms with Gasteiger partial charge in [-0.05, 0) is 51.0 Å². The van der Waals surface area contributed by atoms with Crippen LogP contribution in [0.2, 0.25) is 0 Å². The van der Waals surface area contributed by atoms with E-state index in [0.717, 1.165) is 18.7 Å². The molecule has 1 N–H and O–H groups in total. The number of carbonyl (C=O) groups excluding carboxylic acids is 1. The third-order valence-corrected chi connectivity index (χ3v) is 3.38. The van der Waals surface area contributed by atoms with E-state index in [1.807, 2.05) is 30.3 Å². The van der Waals surface area contributed by atoms with E-state index >= 15 is 0 Å². The van der Waals surface area contributed by atoms with Crippen molar-refractivity contribution >= 4 is 11.6 Å². The fourth-order valence-corrected chi connectivity index (χ4v) is 2.39. The predicted molar refractivity (Wildman–Crippen MR) is 74.6 cm³/mol. The molecule has 1 fully saturated rings. The molecule has 1 amide bonds. The van der Waals surface area contributed by atoms with Crippen LogP contribution >= 0.6 is 0 Å². The Morgan fingerprint density at radius 1 is 1.11 bits per heavy atom. The first-order chi connectivity index (χ1) is 8.84. The van der Waals surface area contributed by atoms with Crippen LogP contribution in [0.25, 0.3) is 0 Å². The van der Waals surface area contributed by atoms with E-state index < -0.39 is 0 Å². The van der Waals surface area contributed by atoms with Gasteiger partial charge in [-0.2, -0.15) is 0 Å². The molecule has 1 aliphatic heterocycles. The van der Waals surface area contributed by atoms with Crippen molar-refractivity contribution in [1.82, 2.24) is 4.90 Å². The third kappa shape index (κ3) is 4.49. The molecule has 0 bridgehead atoms. The number of nitrogens with zero attached hydrogens (tertiary/aromatic N) is 1. The van der Waals surface area contributed by atoms with E-state index in [1.165, 1.54) is 32.4 Å². The Labute approximate surface area is 109 Å². The molecule has 1 heterocycles. The number of anilines is 1. The van der Waals surface area contributed by atoms with Crippen molar-refractivity contribution in [2.24, 2.45) is 0 Å². The smallest absolute Gasteiger partial charge is 0.224 e. The Morgan fingerprint density at radius 3 is 2.56 bits per heavy atom. The van der Waals surface area contributed by atoms with Gasteiger partial charge in [-0.15, -0.1) is 0 Å². The monoisotopic (exact) mass is 246 g/mol. The summed E-state index contributed by atoms with van der Waals surface area (Å²) in [7, 11) is 0. The van der Waals surface area contributed by atoms with Gasteiger partial charge in [-0.3, -0.25) is 4.79 Å². The Kier molecular flexibility index (Phi) is 5.21. The van der Waals surface area contributed by atoms with Gasteiger partial charge < -0.3 is 10.2 Å². The largest absolute Gasteiger partial charge is 0.326 e. The quantitative estimate of drug-likeness (QED) is 0.866. The molecule has 0 atom stereocenters. The average molecular weight is 246 g/mol. The first kappa shape index (κ1) is 13.1. The van der Waals surface area contributed by atoms with Gasteiger partial charge in [-0.1, -0.05) is 24.6 Å². The number of hydrogen-bond acceptors (Lipinski definition) is 2. The van der Waals surface area contributed by atoms with E-state index in [4.69, 9.17) is 0 Å². The zero-order chi connectivity index (χ0) is 12.6. The van der Waals surface area contributed by atoms with Gasteiger partial charge in [0.25, 0.3) is 0 Å². The van der Waals surface area contributed by atoms with Crippen molar-refractivity contribution in [3.63, 3.8) is 0 Å². The maximum absolute atomic E-state index is 11.7. The molecule has 2 rings (SSSR count). The molecular formula is C15H22N2O. The van der Waals surface area contributed by atoms with Crippen LogP contribution in [0.15, 0.2) is 30.3 Å². The van der Waals surface area contributed by atoms with Crippen molar-refractivity contribution in [2.75, 3.05) is 25.0 Å².